The molecule has 0 aromatic heterocycles. The van der Waals surface area contributed by atoms with Gasteiger partial charge in [0.2, 0.25) is 0 Å². The second-order valence-electron chi connectivity index (χ2n) is 2.13. The summed E-state index contributed by atoms with van der Waals surface area (Å²) >= 11 is 0. The highest BCUT2D eigenvalue weighted by atomic mass is 19.1. The zero-order valence-corrected chi connectivity index (χ0v) is 7.26. The predicted octanol–water partition coefficient (Wildman–Crippen LogP) is 1.69. The van der Waals surface area contributed by atoms with E-state index in [1.54, 1.807) is 12.1 Å². The number of terminal acetylenes is 1. The van der Waals surface area contributed by atoms with Crippen LogP contribution in [0.25, 0.3) is 0 Å². The van der Waals surface area contributed by atoms with Gasteiger partial charge in [-0.15, -0.1) is 6.42 Å². The maximum Gasteiger partial charge on any atom is 0.139 e. The van der Waals surface area contributed by atoms with Crippen molar-refractivity contribution < 1.29 is 4.39 Å². The molecule has 1 aromatic carbocycles. The first-order valence-electron chi connectivity index (χ1n) is 3.54. The van der Waals surface area contributed by atoms with Crippen LogP contribution < -0.4 is 5.73 Å². The standard InChI is InChI=1S/C9H7F.CH5N/c1-3-8-5-4-7(2)6-9(8)10;1-2/h1,4-6H,2H3;2H2,1H3. The minimum Gasteiger partial charge on any atom is -0.333 e. The van der Waals surface area contributed by atoms with Gasteiger partial charge in [0, 0.05) is 0 Å². The van der Waals surface area contributed by atoms with E-state index in [0.717, 1.165) is 5.56 Å². The Kier molecular flexibility index (Phi) is 4.75. The molecule has 0 aliphatic rings. The quantitative estimate of drug-likeness (QED) is 0.582. The van der Waals surface area contributed by atoms with Crippen LogP contribution in [0.15, 0.2) is 18.2 Å². The number of aryl methyl sites for hydroxylation is 1. The average molecular weight is 165 g/mol. The van der Waals surface area contributed by atoms with Crippen LogP contribution in [0.5, 0.6) is 0 Å². The summed E-state index contributed by atoms with van der Waals surface area (Å²) in [7, 11) is 1.50. The van der Waals surface area contributed by atoms with Gasteiger partial charge in [-0.2, -0.15) is 0 Å². The van der Waals surface area contributed by atoms with Crippen LogP contribution in [0.1, 0.15) is 11.1 Å². The van der Waals surface area contributed by atoms with Gasteiger partial charge in [-0.1, -0.05) is 12.0 Å². The maximum atomic E-state index is 12.7. The highest BCUT2D eigenvalue weighted by molar-refractivity contribution is 5.35. The molecule has 0 aliphatic carbocycles. The third kappa shape index (κ3) is 2.73. The summed E-state index contributed by atoms with van der Waals surface area (Å²) in [5.41, 5.74) is 5.71. The molecule has 2 N–H and O–H groups in total. The highest BCUT2D eigenvalue weighted by Crippen LogP contribution is 2.07. The Bertz CT molecular complexity index is 286. The van der Waals surface area contributed by atoms with Gasteiger partial charge in [0.05, 0.1) is 5.56 Å². The highest BCUT2D eigenvalue weighted by Gasteiger charge is 1.96. The zero-order chi connectivity index (χ0) is 9.56. The van der Waals surface area contributed by atoms with E-state index in [0.29, 0.717) is 5.56 Å². The van der Waals surface area contributed by atoms with Crippen molar-refractivity contribution in [3.63, 3.8) is 0 Å². The normalized spacial score (nSPS) is 7.92. The van der Waals surface area contributed by atoms with Crippen molar-refractivity contribution in [1.29, 1.82) is 0 Å². The van der Waals surface area contributed by atoms with Crippen molar-refractivity contribution >= 4 is 0 Å². The Morgan fingerprint density at radius 2 is 2.00 bits per heavy atom. The Hall–Kier alpha value is -1.33. The Labute approximate surface area is 72.4 Å². The van der Waals surface area contributed by atoms with Crippen molar-refractivity contribution in [2.24, 2.45) is 5.73 Å². The number of rotatable bonds is 0. The molecule has 12 heavy (non-hydrogen) atoms. The minimum atomic E-state index is -0.317. The van der Waals surface area contributed by atoms with E-state index in [1.165, 1.54) is 13.1 Å². The predicted molar refractivity (Wildman–Crippen MR) is 49.2 cm³/mol. The zero-order valence-electron chi connectivity index (χ0n) is 7.26. The second kappa shape index (κ2) is 5.34. The van der Waals surface area contributed by atoms with Gasteiger partial charge in [0.1, 0.15) is 5.82 Å². The van der Waals surface area contributed by atoms with Crippen LogP contribution in [-0.2, 0) is 0 Å². The van der Waals surface area contributed by atoms with Crippen LogP contribution in [-0.4, -0.2) is 7.05 Å². The molecule has 0 saturated heterocycles. The van der Waals surface area contributed by atoms with E-state index in [9.17, 15) is 4.39 Å². The first-order valence-corrected chi connectivity index (χ1v) is 3.54. The molecular formula is C10H12FN. The minimum absolute atomic E-state index is 0.317. The number of halogens is 1. The molecule has 0 amide bonds. The maximum absolute atomic E-state index is 12.7. The van der Waals surface area contributed by atoms with E-state index < -0.39 is 0 Å². The first-order chi connectivity index (χ1) is 5.74. The number of hydrogen-bond acceptors (Lipinski definition) is 1. The van der Waals surface area contributed by atoms with Gasteiger partial charge in [-0.05, 0) is 31.7 Å². The van der Waals surface area contributed by atoms with Gasteiger partial charge in [0.25, 0.3) is 0 Å². The summed E-state index contributed by atoms with van der Waals surface area (Å²) in [5.74, 6) is 1.93. The third-order valence-electron chi connectivity index (χ3n) is 1.28. The lowest BCUT2D eigenvalue weighted by Crippen LogP contribution is -1.82. The van der Waals surface area contributed by atoms with Crippen molar-refractivity contribution in [1.82, 2.24) is 0 Å². The molecular weight excluding hydrogens is 153 g/mol. The fourth-order valence-corrected chi connectivity index (χ4v) is 0.737. The van der Waals surface area contributed by atoms with Crippen molar-refractivity contribution in [2.75, 3.05) is 7.05 Å². The van der Waals surface area contributed by atoms with Crippen molar-refractivity contribution in [2.45, 2.75) is 6.92 Å². The Balaban J connectivity index is 0.000000561. The molecule has 0 radical (unpaired) electrons. The SMILES string of the molecule is C#Cc1ccc(C)cc1F.CN. The number of benzene rings is 1. The molecule has 0 heterocycles. The summed E-state index contributed by atoms with van der Waals surface area (Å²) in [6.45, 7) is 1.82. The van der Waals surface area contributed by atoms with E-state index in [2.05, 4.69) is 11.7 Å². The van der Waals surface area contributed by atoms with Gasteiger partial charge in [-0.25, -0.2) is 4.39 Å². The topological polar surface area (TPSA) is 26.0 Å². The van der Waals surface area contributed by atoms with E-state index in [4.69, 9.17) is 6.42 Å². The third-order valence-corrected chi connectivity index (χ3v) is 1.28. The van der Waals surface area contributed by atoms with Crippen LogP contribution in [0, 0.1) is 25.1 Å². The fourth-order valence-electron chi connectivity index (χ4n) is 0.737. The molecule has 0 aliphatic heterocycles. The van der Waals surface area contributed by atoms with Crippen LogP contribution in [0.3, 0.4) is 0 Å². The van der Waals surface area contributed by atoms with Crippen LogP contribution >= 0.6 is 0 Å². The molecule has 1 rings (SSSR count). The lowest BCUT2D eigenvalue weighted by Gasteiger charge is -1.94. The Morgan fingerprint density at radius 1 is 1.42 bits per heavy atom. The number of hydrogen-bond donors (Lipinski definition) is 1. The molecule has 0 atom stereocenters. The Morgan fingerprint density at radius 3 is 2.42 bits per heavy atom. The van der Waals surface area contributed by atoms with Gasteiger partial charge < -0.3 is 5.73 Å². The van der Waals surface area contributed by atoms with Crippen molar-refractivity contribution in [3.05, 3.63) is 35.1 Å². The van der Waals surface area contributed by atoms with E-state index in [-0.39, 0.29) is 5.82 Å². The van der Waals surface area contributed by atoms with Gasteiger partial charge in [0.15, 0.2) is 0 Å². The lowest BCUT2D eigenvalue weighted by atomic mass is 10.1. The molecule has 2 heteroatoms. The molecule has 0 saturated carbocycles. The van der Waals surface area contributed by atoms with E-state index in [1.807, 2.05) is 6.92 Å². The lowest BCUT2D eigenvalue weighted by molar-refractivity contribution is 0.623. The summed E-state index contributed by atoms with van der Waals surface area (Å²) in [6.07, 6.45) is 5.01. The van der Waals surface area contributed by atoms with Crippen molar-refractivity contribution in [3.8, 4) is 12.3 Å². The summed E-state index contributed by atoms with van der Waals surface area (Å²) in [5, 5.41) is 0. The summed E-state index contributed by atoms with van der Waals surface area (Å²) in [6, 6.07) is 4.82. The fraction of sp³-hybridized carbons (Fsp3) is 0.200. The molecule has 0 spiro atoms. The molecule has 1 aromatic rings. The largest absolute Gasteiger partial charge is 0.333 e. The monoisotopic (exact) mass is 165 g/mol. The molecule has 1 nitrogen and oxygen atoms in total. The van der Waals surface area contributed by atoms with Crippen LogP contribution in [0.2, 0.25) is 0 Å². The van der Waals surface area contributed by atoms with Gasteiger partial charge in [-0.3, -0.25) is 0 Å². The molecule has 0 fully saturated rings. The van der Waals surface area contributed by atoms with Gasteiger partial charge >= 0.3 is 0 Å². The van der Waals surface area contributed by atoms with Crippen LogP contribution in [0.4, 0.5) is 4.39 Å². The number of nitrogens with two attached hydrogens (primary N) is 1. The summed E-state index contributed by atoms with van der Waals surface area (Å²) in [4.78, 5) is 0. The smallest absolute Gasteiger partial charge is 0.139 e. The first kappa shape index (κ1) is 10.7. The second-order valence-corrected chi connectivity index (χ2v) is 2.13. The van der Waals surface area contributed by atoms with E-state index >= 15 is 0 Å². The average Bonchev–Trinajstić information content (AvgIpc) is 2.08. The molecule has 64 valence electrons. The molecule has 0 unspecified atom stereocenters. The summed E-state index contributed by atoms with van der Waals surface area (Å²) < 4.78 is 12.7. The molecule has 0 bridgehead atoms.